The van der Waals surface area contributed by atoms with Crippen LogP contribution in [0, 0.1) is 0 Å². The molecule has 1 heterocycles. The van der Waals surface area contributed by atoms with Gasteiger partial charge in [-0.15, -0.1) is 0 Å². The number of hydrogen-bond acceptors (Lipinski definition) is 4. The maximum Gasteiger partial charge on any atom is 0.330 e. The number of aryl methyl sites for hydroxylation is 1. The molecule has 0 amide bonds. The normalized spacial score (nSPS) is 10.4. The highest BCUT2D eigenvalue weighted by atomic mass is 16.5. The number of nitrogen functional groups attached to an aromatic ring is 1. The van der Waals surface area contributed by atoms with Gasteiger partial charge in [0.1, 0.15) is 5.75 Å². The molecule has 0 saturated heterocycles. The van der Waals surface area contributed by atoms with Crippen molar-refractivity contribution in [2.75, 3.05) is 12.3 Å². The molecule has 0 atom stereocenters. The van der Waals surface area contributed by atoms with E-state index in [4.69, 9.17) is 10.5 Å². The van der Waals surface area contributed by atoms with Gasteiger partial charge < -0.3 is 15.0 Å². The summed E-state index contributed by atoms with van der Waals surface area (Å²) in [5.41, 5.74) is 5.70. The first kappa shape index (κ1) is 13.9. The molecule has 0 aliphatic carbocycles. The Bertz CT molecular complexity index is 703. The van der Waals surface area contributed by atoms with Crippen LogP contribution >= 0.6 is 0 Å². The lowest BCUT2D eigenvalue weighted by molar-refractivity contribution is 0.300. The lowest BCUT2D eigenvalue weighted by Crippen LogP contribution is -2.38. The summed E-state index contributed by atoms with van der Waals surface area (Å²) in [5, 5.41) is 0. The van der Waals surface area contributed by atoms with E-state index in [0.717, 1.165) is 0 Å². The predicted molar refractivity (Wildman–Crippen MR) is 76.9 cm³/mol. The largest absolute Gasteiger partial charge is 0.491 e. The summed E-state index contributed by atoms with van der Waals surface area (Å²) in [5.74, 6) is 0.612. The lowest BCUT2D eigenvalue weighted by Gasteiger charge is -2.09. The second kappa shape index (κ2) is 6.10. The lowest BCUT2D eigenvalue weighted by atomic mass is 10.3. The van der Waals surface area contributed by atoms with E-state index < -0.39 is 0 Å². The van der Waals surface area contributed by atoms with Crippen molar-refractivity contribution in [3.63, 3.8) is 0 Å². The van der Waals surface area contributed by atoms with Gasteiger partial charge in [0.2, 0.25) is 0 Å². The number of hydrogen-bond donors (Lipinski definition) is 1. The molecule has 0 bridgehead atoms. The highest BCUT2D eigenvalue weighted by Gasteiger charge is 2.03. The molecule has 0 aliphatic heterocycles. The molecular weight excluding hydrogens is 258 g/mol. The first-order valence-corrected chi connectivity index (χ1v) is 6.33. The van der Waals surface area contributed by atoms with Crippen molar-refractivity contribution in [3.05, 3.63) is 57.4 Å². The van der Waals surface area contributed by atoms with E-state index in [-0.39, 0.29) is 11.2 Å². The Balaban J connectivity index is 1.95. The summed E-state index contributed by atoms with van der Waals surface area (Å²) in [7, 11) is 1.61. The third kappa shape index (κ3) is 3.09. The van der Waals surface area contributed by atoms with Gasteiger partial charge in [-0.3, -0.25) is 9.36 Å². The van der Waals surface area contributed by atoms with Crippen molar-refractivity contribution >= 4 is 5.69 Å². The molecule has 1 aromatic carbocycles. The second-order valence-corrected chi connectivity index (χ2v) is 4.44. The summed E-state index contributed by atoms with van der Waals surface area (Å²) in [4.78, 5) is 23.4. The molecule has 0 saturated carbocycles. The van der Waals surface area contributed by atoms with Crippen LogP contribution < -0.4 is 21.7 Å². The molecule has 0 unspecified atom stereocenters. The van der Waals surface area contributed by atoms with Gasteiger partial charge >= 0.3 is 5.69 Å². The topological polar surface area (TPSA) is 79.2 Å². The molecule has 0 spiro atoms. The number of nitrogens with two attached hydrogens (primary N) is 1. The molecule has 2 aromatic rings. The van der Waals surface area contributed by atoms with Gasteiger partial charge in [-0.1, -0.05) is 12.1 Å². The van der Waals surface area contributed by atoms with Crippen LogP contribution in [0.5, 0.6) is 5.75 Å². The molecule has 0 radical (unpaired) electrons. The molecule has 6 nitrogen and oxygen atoms in total. The average molecular weight is 275 g/mol. The van der Waals surface area contributed by atoms with Crippen molar-refractivity contribution in [1.29, 1.82) is 0 Å². The molecule has 0 aliphatic rings. The minimum absolute atomic E-state index is 0.299. The molecule has 20 heavy (non-hydrogen) atoms. The molecule has 106 valence electrons. The SMILES string of the molecule is Cn1ccc(=O)n(CCCOc2ccccc2N)c1=O. The van der Waals surface area contributed by atoms with Gasteiger partial charge in [0.15, 0.2) is 0 Å². The number of aromatic nitrogens is 2. The number of ether oxygens (including phenoxy) is 1. The Labute approximate surface area is 116 Å². The Morgan fingerprint density at radius 1 is 1.20 bits per heavy atom. The average Bonchev–Trinajstić information content (AvgIpc) is 2.44. The smallest absolute Gasteiger partial charge is 0.330 e. The van der Waals surface area contributed by atoms with Crippen LogP contribution in [-0.4, -0.2) is 15.7 Å². The highest BCUT2D eigenvalue weighted by molar-refractivity contribution is 5.51. The summed E-state index contributed by atoms with van der Waals surface area (Å²) in [6.07, 6.45) is 2.01. The molecule has 6 heteroatoms. The van der Waals surface area contributed by atoms with Crippen molar-refractivity contribution in [2.45, 2.75) is 13.0 Å². The minimum Gasteiger partial charge on any atom is -0.491 e. The number of rotatable bonds is 5. The Kier molecular flexibility index (Phi) is 4.24. The van der Waals surface area contributed by atoms with E-state index in [1.54, 1.807) is 19.2 Å². The van der Waals surface area contributed by atoms with Gasteiger partial charge in [0, 0.05) is 25.9 Å². The number of para-hydroxylation sites is 2. The Morgan fingerprint density at radius 3 is 2.70 bits per heavy atom. The van der Waals surface area contributed by atoms with Crippen LogP contribution in [0.25, 0.3) is 0 Å². The fraction of sp³-hybridized carbons (Fsp3) is 0.286. The van der Waals surface area contributed by atoms with Crippen LogP contribution in [0.4, 0.5) is 5.69 Å². The van der Waals surface area contributed by atoms with Crippen molar-refractivity contribution in [3.8, 4) is 5.75 Å². The summed E-state index contributed by atoms with van der Waals surface area (Å²) < 4.78 is 8.08. The zero-order chi connectivity index (χ0) is 14.5. The van der Waals surface area contributed by atoms with Gasteiger partial charge in [-0.2, -0.15) is 0 Å². The second-order valence-electron chi connectivity index (χ2n) is 4.44. The number of anilines is 1. The quantitative estimate of drug-likeness (QED) is 0.640. The fourth-order valence-electron chi connectivity index (χ4n) is 1.84. The Morgan fingerprint density at radius 2 is 1.95 bits per heavy atom. The number of nitrogens with zero attached hydrogens (tertiary/aromatic N) is 2. The van der Waals surface area contributed by atoms with E-state index in [0.29, 0.717) is 31.0 Å². The zero-order valence-electron chi connectivity index (χ0n) is 11.3. The molecule has 0 fully saturated rings. The molecule has 2 rings (SSSR count). The molecule has 2 N–H and O–H groups in total. The van der Waals surface area contributed by atoms with Crippen LogP contribution in [0.3, 0.4) is 0 Å². The molecule has 1 aromatic heterocycles. The van der Waals surface area contributed by atoms with Gasteiger partial charge in [0.25, 0.3) is 5.56 Å². The van der Waals surface area contributed by atoms with E-state index in [1.807, 2.05) is 12.1 Å². The van der Waals surface area contributed by atoms with Crippen molar-refractivity contribution < 1.29 is 4.74 Å². The van der Waals surface area contributed by atoms with Gasteiger partial charge in [0.05, 0.1) is 12.3 Å². The summed E-state index contributed by atoms with van der Waals surface area (Å²) in [6, 6.07) is 8.58. The van der Waals surface area contributed by atoms with E-state index in [9.17, 15) is 9.59 Å². The van der Waals surface area contributed by atoms with E-state index in [2.05, 4.69) is 0 Å². The first-order chi connectivity index (χ1) is 9.59. The standard InChI is InChI=1S/C14H17N3O3/c1-16-9-7-13(18)17(14(16)19)8-4-10-20-12-6-3-2-5-11(12)15/h2-3,5-7,9H,4,8,10,15H2,1H3. The fourth-order valence-corrected chi connectivity index (χ4v) is 1.84. The van der Waals surface area contributed by atoms with Crippen molar-refractivity contribution in [1.82, 2.24) is 9.13 Å². The number of benzene rings is 1. The third-order valence-corrected chi connectivity index (χ3v) is 2.94. The van der Waals surface area contributed by atoms with Crippen LogP contribution in [-0.2, 0) is 13.6 Å². The van der Waals surface area contributed by atoms with Crippen LogP contribution in [0.15, 0.2) is 46.1 Å². The third-order valence-electron chi connectivity index (χ3n) is 2.94. The van der Waals surface area contributed by atoms with Gasteiger partial charge in [-0.05, 0) is 18.6 Å². The Hall–Kier alpha value is -2.50. The summed E-state index contributed by atoms with van der Waals surface area (Å²) in [6.45, 7) is 0.706. The monoisotopic (exact) mass is 275 g/mol. The first-order valence-electron chi connectivity index (χ1n) is 6.33. The minimum atomic E-state index is -0.322. The van der Waals surface area contributed by atoms with E-state index >= 15 is 0 Å². The zero-order valence-corrected chi connectivity index (χ0v) is 11.3. The summed E-state index contributed by atoms with van der Waals surface area (Å²) >= 11 is 0. The predicted octanol–water partition coefficient (Wildman–Crippen LogP) is 0.598. The van der Waals surface area contributed by atoms with Crippen LogP contribution in [0.1, 0.15) is 6.42 Å². The van der Waals surface area contributed by atoms with Crippen LogP contribution in [0.2, 0.25) is 0 Å². The maximum atomic E-state index is 11.8. The van der Waals surface area contributed by atoms with E-state index in [1.165, 1.54) is 21.4 Å². The van der Waals surface area contributed by atoms with Gasteiger partial charge in [-0.25, -0.2) is 4.79 Å². The molecular formula is C14H17N3O3. The maximum absolute atomic E-state index is 11.8. The van der Waals surface area contributed by atoms with Crippen molar-refractivity contribution in [2.24, 2.45) is 7.05 Å². The highest BCUT2D eigenvalue weighted by Crippen LogP contribution is 2.19.